The summed E-state index contributed by atoms with van der Waals surface area (Å²) in [6.45, 7) is 9.81. The number of aromatic nitrogens is 2. The molecule has 1 aliphatic rings. The van der Waals surface area contributed by atoms with E-state index in [1.54, 1.807) is 0 Å². The van der Waals surface area contributed by atoms with E-state index in [0.29, 0.717) is 6.04 Å². The summed E-state index contributed by atoms with van der Waals surface area (Å²) in [6, 6.07) is 8.88. The molecule has 2 aromatic rings. The van der Waals surface area contributed by atoms with Crippen LogP contribution in [-0.4, -0.2) is 59.7 Å². The van der Waals surface area contributed by atoms with Crippen molar-refractivity contribution in [3.05, 3.63) is 30.1 Å². The Morgan fingerprint density at radius 1 is 1.22 bits per heavy atom. The second-order valence-corrected chi connectivity index (χ2v) is 7.41. The quantitative estimate of drug-likeness (QED) is 0.447. The standard InChI is InChI=1S/C21H34N6/c1-4-13-26-15-10-18(11-16-26)25-21(22-3)23-12-7-14-27-17(2)24-19-8-5-6-9-20(19)27/h5-6,8-9,18H,4,7,10-16H2,1-3H3,(H2,22,23,25). The van der Waals surface area contributed by atoms with Crippen LogP contribution in [0.15, 0.2) is 29.3 Å². The number of guanidine groups is 1. The first kappa shape index (κ1) is 19.7. The maximum Gasteiger partial charge on any atom is 0.191 e. The van der Waals surface area contributed by atoms with Crippen LogP contribution in [-0.2, 0) is 6.54 Å². The number of nitrogens with one attached hydrogen (secondary N) is 2. The fraction of sp³-hybridized carbons (Fsp3) is 0.619. The molecule has 148 valence electrons. The van der Waals surface area contributed by atoms with Gasteiger partial charge in [0.15, 0.2) is 5.96 Å². The van der Waals surface area contributed by atoms with Crippen LogP contribution in [0, 0.1) is 6.92 Å². The normalized spacial score (nSPS) is 16.8. The van der Waals surface area contributed by atoms with Crippen LogP contribution in [0.2, 0.25) is 0 Å². The summed E-state index contributed by atoms with van der Waals surface area (Å²) in [4.78, 5) is 11.6. The van der Waals surface area contributed by atoms with Crippen LogP contribution in [0.25, 0.3) is 11.0 Å². The molecule has 1 aromatic carbocycles. The molecule has 0 radical (unpaired) electrons. The third-order valence-corrected chi connectivity index (χ3v) is 5.39. The number of likely N-dealkylation sites (tertiary alicyclic amines) is 1. The highest BCUT2D eigenvalue weighted by Crippen LogP contribution is 2.15. The van der Waals surface area contributed by atoms with Crippen LogP contribution in [0.3, 0.4) is 0 Å². The van der Waals surface area contributed by atoms with Crippen LogP contribution in [0.4, 0.5) is 0 Å². The number of nitrogens with zero attached hydrogens (tertiary/aromatic N) is 4. The van der Waals surface area contributed by atoms with Crippen molar-refractivity contribution in [1.82, 2.24) is 25.1 Å². The highest BCUT2D eigenvalue weighted by Gasteiger charge is 2.19. The third kappa shape index (κ3) is 5.22. The predicted molar refractivity (Wildman–Crippen MR) is 113 cm³/mol. The molecule has 0 unspecified atom stereocenters. The molecule has 0 spiro atoms. The van der Waals surface area contributed by atoms with Gasteiger partial charge in [0.05, 0.1) is 11.0 Å². The van der Waals surface area contributed by atoms with E-state index in [9.17, 15) is 0 Å². The molecule has 2 N–H and O–H groups in total. The van der Waals surface area contributed by atoms with Gasteiger partial charge in [-0.05, 0) is 51.3 Å². The molecule has 0 bridgehead atoms. The number of para-hydroxylation sites is 2. The molecular formula is C21H34N6. The Hall–Kier alpha value is -2.08. The maximum atomic E-state index is 4.64. The largest absolute Gasteiger partial charge is 0.356 e. The van der Waals surface area contributed by atoms with E-state index in [1.165, 1.54) is 44.4 Å². The minimum absolute atomic E-state index is 0.532. The van der Waals surface area contributed by atoms with E-state index in [-0.39, 0.29) is 0 Å². The lowest BCUT2D eigenvalue weighted by atomic mass is 10.1. The number of fused-ring (bicyclic) bond motifs is 1. The number of hydrogen-bond acceptors (Lipinski definition) is 3. The van der Waals surface area contributed by atoms with Crippen LogP contribution in [0.5, 0.6) is 0 Å². The molecule has 1 saturated heterocycles. The second kappa shape index (κ2) is 9.74. The molecule has 0 saturated carbocycles. The average molecular weight is 371 g/mol. The van der Waals surface area contributed by atoms with Gasteiger partial charge in [0.1, 0.15) is 5.82 Å². The van der Waals surface area contributed by atoms with Crippen molar-refractivity contribution in [3.8, 4) is 0 Å². The molecule has 3 rings (SSSR count). The van der Waals surface area contributed by atoms with Gasteiger partial charge in [0, 0.05) is 39.3 Å². The van der Waals surface area contributed by atoms with Crippen molar-refractivity contribution < 1.29 is 0 Å². The van der Waals surface area contributed by atoms with Crippen LogP contribution < -0.4 is 10.6 Å². The molecule has 1 aliphatic heterocycles. The highest BCUT2D eigenvalue weighted by molar-refractivity contribution is 5.80. The first-order chi connectivity index (χ1) is 13.2. The monoisotopic (exact) mass is 370 g/mol. The number of hydrogen-bond donors (Lipinski definition) is 2. The molecule has 6 nitrogen and oxygen atoms in total. The lowest BCUT2D eigenvalue weighted by Gasteiger charge is -2.32. The smallest absolute Gasteiger partial charge is 0.191 e. The molecule has 0 atom stereocenters. The number of aryl methyl sites for hydroxylation is 2. The van der Waals surface area contributed by atoms with E-state index in [4.69, 9.17) is 0 Å². The van der Waals surface area contributed by atoms with Crippen molar-refractivity contribution in [2.24, 2.45) is 4.99 Å². The first-order valence-electron chi connectivity index (χ1n) is 10.3. The number of benzene rings is 1. The van der Waals surface area contributed by atoms with Crippen LogP contribution in [0.1, 0.15) is 38.4 Å². The number of rotatable bonds is 7. The fourth-order valence-corrected chi connectivity index (χ4v) is 3.93. The molecule has 2 heterocycles. The summed E-state index contributed by atoms with van der Waals surface area (Å²) in [6.07, 6.45) is 4.67. The zero-order chi connectivity index (χ0) is 19.1. The lowest BCUT2D eigenvalue weighted by Crippen LogP contribution is -2.48. The lowest BCUT2D eigenvalue weighted by molar-refractivity contribution is 0.206. The fourth-order valence-electron chi connectivity index (χ4n) is 3.93. The summed E-state index contributed by atoms with van der Waals surface area (Å²) in [5, 5.41) is 7.07. The molecule has 27 heavy (non-hydrogen) atoms. The highest BCUT2D eigenvalue weighted by atomic mass is 15.2. The SMILES string of the molecule is CCCN1CCC(NC(=NC)NCCCn2c(C)nc3ccccc32)CC1. The molecule has 0 aliphatic carbocycles. The average Bonchev–Trinajstić information content (AvgIpc) is 3.01. The van der Waals surface area contributed by atoms with Gasteiger partial charge in [-0.1, -0.05) is 19.1 Å². The van der Waals surface area contributed by atoms with E-state index in [2.05, 4.69) is 62.1 Å². The Kier molecular flexibility index (Phi) is 7.10. The van der Waals surface area contributed by atoms with Gasteiger partial charge in [0.25, 0.3) is 0 Å². The Labute approximate surface area is 163 Å². The van der Waals surface area contributed by atoms with E-state index in [1.807, 2.05) is 13.1 Å². The summed E-state index contributed by atoms with van der Waals surface area (Å²) in [5.41, 5.74) is 2.30. The van der Waals surface area contributed by atoms with Gasteiger partial charge in [-0.2, -0.15) is 0 Å². The summed E-state index contributed by atoms with van der Waals surface area (Å²) >= 11 is 0. The Balaban J connectivity index is 1.42. The zero-order valence-corrected chi connectivity index (χ0v) is 17.0. The minimum Gasteiger partial charge on any atom is -0.356 e. The second-order valence-electron chi connectivity index (χ2n) is 7.41. The minimum atomic E-state index is 0.532. The molecule has 0 amide bonds. The number of aliphatic imine (C=N–C) groups is 1. The van der Waals surface area contributed by atoms with Gasteiger partial charge in [0.2, 0.25) is 0 Å². The third-order valence-electron chi connectivity index (χ3n) is 5.39. The molecule has 6 heteroatoms. The van der Waals surface area contributed by atoms with E-state index in [0.717, 1.165) is 36.8 Å². The van der Waals surface area contributed by atoms with Gasteiger partial charge in [-0.15, -0.1) is 0 Å². The Morgan fingerprint density at radius 3 is 2.74 bits per heavy atom. The van der Waals surface area contributed by atoms with Gasteiger partial charge >= 0.3 is 0 Å². The van der Waals surface area contributed by atoms with Crippen molar-refractivity contribution in [2.45, 2.75) is 52.1 Å². The predicted octanol–water partition coefficient (Wildman–Crippen LogP) is 2.77. The van der Waals surface area contributed by atoms with Gasteiger partial charge in [-0.25, -0.2) is 4.98 Å². The topological polar surface area (TPSA) is 57.5 Å². The number of imidazole rings is 1. The van der Waals surface area contributed by atoms with Gasteiger partial charge in [-0.3, -0.25) is 4.99 Å². The van der Waals surface area contributed by atoms with E-state index >= 15 is 0 Å². The summed E-state index contributed by atoms with van der Waals surface area (Å²) in [5.74, 6) is 2.01. The molecule has 1 fully saturated rings. The van der Waals surface area contributed by atoms with Crippen molar-refractivity contribution in [2.75, 3.05) is 33.2 Å². The van der Waals surface area contributed by atoms with Crippen molar-refractivity contribution in [3.63, 3.8) is 0 Å². The van der Waals surface area contributed by atoms with Crippen molar-refractivity contribution in [1.29, 1.82) is 0 Å². The summed E-state index contributed by atoms with van der Waals surface area (Å²) < 4.78 is 2.30. The van der Waals surface area contributed by atoms with Crippen LogP contribution >= 0.6 is 0 Å². The Morgan fingerprint density at radius 2 is 2.00 bits per heavy atom. The number of piperidine rings is 1. The molecular weight excluding hydrogens is 336 g/mol. The molecule has 1 aromatic heterocycles. The van der Waals surface area contributed by atoms with Crippen molar-refractivity contribution >= 4 is 17.0 Å². The zero-order valence-electron chi connectivity index (χ0n) is 17.0. The Bertz CT molecular complexity index is 742. The summed E-state index contributed by atoms with van der Waals surface area (Å²) in [7, 11) is 1.86. The van der Waals surface area contributed by atoms with E-state index < -0.39 is 0 Å². The van der Waals surface area contributed by atoms with Gasteiger partial charge < -0.3 is 20.1 Å². The first-order valence-corrected chi connectivity index (χ1v) is 10.3. The maximum absolute atomic E-state index is 4.64.